The molecule has 0 aliphatic carbocycles. The number of hydrogen-bond donors (Lipinski definition) is 2. The fourth-order valence-electron chi connectivity index (χ4n) is 1.20. The molecule has 0 saturated heterocycles. The third-order valence-corrected chi connectivity index (χ3v) is 2.04. The van der Waals surface area contributed by atoms with E-state index in [1.165, 1.54) is 12.1 Å². The van der Waals surface area contributed by atoms with Gasteiger partial charge in [-0.3, -0.25) is 0 Å². The molecule has 2 N–H and O–H groups in total. The molecule has 0 bridgehead atoms. The number of hydrogen-bond acceptors (Lipinski definition) is 4. The average molecular weight is 228 g/mol. The Morgan fingerprint density at radius 2 is 1.94 bits per heavy atom. The quantitative estimate of drug-likeness (QED) is 0.747. The number of carbonyl (C=O) groups is 1. The molecule has 0 aromatic heterocycles. The molecule has 5 heteroatoms. The van der Waals surface area contributed by atoms with E-state index in [1.807, 2.05) is 0 Å². The summed E-state index contributed by atoms with van der Waals surface area (Å²) in [7, 11) is 0. The van der Waals surface area contributed by atoms with Crippen LogP contribution in [0.4, 0.5) is 4.39 Å². The Balaban J connectivity index is 2.73. The Hall–Kier alpha value is -1.46. The van der Waals surface area contributed by atoms with Crippen LogP contribution >= 0.6 is 0 Å². The van der Waals surface area contributed by atoms with Crippen LogP contribution in [0.25, 0.3) is 0 Å². The largest absolute Gasteiger partial charge is 0.464 e. The summed E-state index contributed by atoms with van der Waals surface area (Å²) in [5.74, 6) is -1.36. The van der Waals surface area contributed by atoms with Gasteiger partial charge in [0, 0.05) is 0 Å². The molecule has 1 aromatic rings. The number of carbonyl (C=O) groups excluding carboxylic acids is 1. The third-order valence-electron chi connectivity index (χ3n) is 2.04. The van der Waals surface area contributed by atoms with Crippen molar-refractivity contribution < 1.29 is 24.1 Å². The van der Waals surface area contributed by atoms with Crippen molar-refractivity contribution in [2.45, 2.75) is 19.1 Å². The van der Waals surface area contributed by atoms with Crippen molar-refractivity contribution in [1.29, 1.82) is 0 Å². The molecule has 88 valence electrons. The number of benzene rings is 1. The first kappa shape index (κ1) is 12.6. The number of rotatable bonds is 4. The summed E-state index contributed by atoms with van der Waals surface area (Å²) in [5.41, 5.74) is 0.252. The second-order valence-electron chi connectivity index (χ2n) is 3.19. The van der Waals surface area contributed by atoms with Gasteiger partial charge in [-0.15, -0.1) is 0 Å². The lowest BCUT2D eigenvalue weighted by Gasteiger charge is -2.16. The van der Waals surface area contributed by atoms with E-state index in [2.05, 4.69) is 4.74 Å². The summed E-state index contributed by atoms with van der Waals surface area (Å²) in [6.07, 6.45) is -3.08. The van der Waals surface area contributed by atoms with Crippen LogP contribution < -0.4 is 0 Å². The standard InChI is InChI=1S/C11H13FO4/c1-2-16-11(15)10(14)9(13)7-3-5-8(12)6-4-7/h3-6,9-10,13-14H,2H2,1H3/t9-,10-/m0/s1. The Morgan fingerprint density at radius 3 is 2.44 bits per heavy atom. The molecule has 0 heterocycles. The maximum atomic E-state index is 12.6. The number of ether oxygens (including phenoxy) is 1. The van der Waals surface area contributed by atoms with Crippen LogP contribution in [-0.4, -0.2) is 28.9 Å². The number of esters is 1. The summed E-state index contributed by atoms with van der Waals surface area (Å²) in [6, 6.07) is 4.86. The fraction of sp³-hybridized carbons (Fsp3) is 0.364. The molecular weight excluding hydrogens is 215 g/mol. The van der Waals surface area contributed by atoms with Gasteiger partial charge in [0.25, 0.3) is 0 Å². The maximum absolute atomic E-state index is 12.6. The van der Waals surface area contributed by atoms with Crippen LogP contribution in [0.1, 0.15) is 18.6 Å². The van der Waals surface area contributed by atoms with Crippen molar-refractivity contribution in [1.82, 2.24) is 0 Å². The summed E-state index contributed by atoms with van der Waals surface area (Å²) in [5, 5.41) is 19.0. The lowest BCUT2D eigenvalue weighted by atomic mass is 10.0. The van der Waals surface area contributed by atoms with E-state index < -0.39 is 24.0 Å². The maximum Gasteiger partial charge on any atom is 0.338 e. The molecule has 0 aliphatic heterocycles. The minimum atomic E-state index is -1.66. The van der Waals surface area contributed by atoms with Gasteiger partial charge in [0.2, 0.25) is 0 Å². The first-order chi connectivity index (χ1) is 7.56. The van der Waals surface area contributed by atoms with E-state index in [-0.39, 0.29) is 12.2 Å². The second-order valence-corrected chi connectivity index (χ2v) is 3.19. The Bertz CT molecular complexity index is 350. The van der Waals surface area contributed by atoms with Crippen LogP contribution in [0.15, 0.2) is 24.3 Å². The highest BCUT2D eigenvalue weighted by Gasteiger charge is 2.26. The Kier molecular flexibility index (Phi) is 4.39. The SMILES string of the molecule is CCOC(=O)[C@@H](O)[C@@H](O)c1ccc(F)cc1. The molecule has 0 saturated carbocycles. The van der Waals surface area contributed by atoms with Gasteiger partial charge < -0.3 is 14.9 Å². The van der Waals surface area contributed by atoms with Gasteiger partial charge in [-0.1, -0.05) is 12.1 Å². The molecule has 0 spiro atoms. The highest BCUT2D eigenvalue weighted by Crippen LogP contribution is 2.18. The van der Waals surface area contributed by atoms with Gasteiger partial charge in [0.15, 0.2) is 6.10 Å². The van der Waals surface area contributed by atoms with Crippen molar-refractivity contribution >= 4 is 5.97 Å². The van der Waals surface area contributed by atoms with Crippen LogP contribution in [0.2, 0.25) is 0 Å². The van der Waals surface area contributed by atoms with Crippen molar-refractivity contribution in [3.05, 3.63) is 35.6 Å². The number of halogens is 1. The molecule has 0 radical (unpaired) electrons. The molecule has 4 nitrogen and oxygen atoms in total. The molecule has 1 rings (SSSR count). The van der Waals surface area contributed by atoms with E-state index in [9.17, 15) is 19.4 Å². The monoisotopic (exact) mass is 228 g/mol. The van der Waals surface area contributed by atoms with Crippen LogP contribution in [0.5, 0.6) is 0 Å². The van der Waals surface area contributed by atoms with Gasteiger partial charge in [0.05, 0.1) is 6.61 Å². The summed E-state index contributed by atoms with van der Waals surface area (Å²) >= 11 is 0. The highest BCUT2D eigenvalue weighted by atomic mass is 19.1. The van der Waals surface area contributed by atoms with Crippen molar-refractivity contribution in [3.63, 3.8) is 0 Å². The van der Waals surface area contributed by atoms with Gasteiger partial charge >= 0.3 is 5.97 Å². The van der Waals surface area contributed by atoms with Crippen LogP contribution in [0.3, 0.4) is 0 Å². The summed E-state index contributed by atoms with van der Waals surface area (Å²) in [4.78, 5) is 11.1. The zero-order valence-electron chi connectivity index (χ0n) is 8.76. The molecular formula is C11H13FO4. The van der Waals surface area contributed by atoms with Crippen molar-refractivity contribution in [3.8, 4) is 0 Å². The predicted molar refractivity (Wildman–Crippen MR) is 54.0 cm³/mol. The summed E-state index contributed by atoms with van der Waals surface area (Å²) < 4.78 is 17.1. The second kappa shape index (κ2) is 5.58. The Morgan fingerprint density at radius 1 is 1.38 bits per heavy atom. The lowest BCUT2D eigenvalue weighted by Crippen LogP contribution is -2.29. The van der Waals surface area contributed by atoms with Crippen molar-refractivity contribution in [2.75, 3.05) is 6.61 Å². The smallest absolute Gasteiger partial charge is 0.338 e. The molecule has 0 unspecified atom stereocenters. The summed E-state index contributed by atoms with van der Waals surface area (Å²) in [6.45, 7) is 1.71. The van der Waals surface area contributed by atoms with Gasteiger partial charge in [-0.25, -0.2) is 9.18 Å². The molecule has 2 atom stereocenters. The fourth-order valence-corrected chi connectivity index (χ4v) is 1.20. The van der Waals surface area contributed by atoms with E-state index >= 15 is 0 Å². The Labute approximate surface area is 92.3 Å². The zero-order valence-corrected chi connectivity index (χ0v) is 8.76. The predicted octanol–water partition coefficient (Wildman–Crippen LogP) is 0.783. The average Bonchev–Trinajstić information content (AvgIpc) is 2.28. The molecule has 16 heavy (non-hydrogen) atoms. The first-order valence-corrected chi connectivity index (χ1v) is 4.84. The topological polar surface area (TPSA) is 66.8 Å². The number of aliphatic hydroxyl groups excluding tert-OH is 2. The third kappa shape index (κ3) is 3.01. The van der Waals surface area contributed by atoms with Crippen LogP contribution in [-0.2, 0) is 9.53 Å². The normalized spacial score (nSPS) is 14.2. The van der Waals surface area contributed by atoms with Gasteiger partial charge in [-0.05, 0) is 24.6 Å². The highest BCUT2D eigenvalue weighted by molar-refractivity contribution is 5.75. The van der Waals surface area contributed by atoms with Gasteiger partial charge in [0.1, 0.15) is 11.9 Å². The van der Waals surface area contributed by atoms with E-state index in [1.54, 1.807) is 6.92 Å². The molecule has 1 aromatic carbocycles. The zero-order chi connectivity index (χ0) is 12.1. The number of aliphatic hydroxyl groups is 2. The first-order valence-electron chi connectivity index (χ1n) is 4.84. The lowest BCUT2D eigenvalue weighted by molar-refractivity contribution is -0.159. The molecule has 0 aliphatic rings. The van der Waals surface area contributed by atoms with E-state index in [4.69, 9.17) is 0 Å². The minimum absolute atomic E-state index is 0.117. The minimum Gasteiger partial charge on any atom is -0.464 e. The molecule has 0 amide bonds. The van der Waals surface area contributed by atoms with E-state index in [0.717, 1.165) is 12.1 Å². The van der Waals surface area contributed by atoms with Crippen molar-refractivity contribution in [2.24, 2.45) is 0 Å². The molecule has 0 fully saturated rings. The van der Waals surface area contributed by atoms with Gasteiger partial charge in [-0.2, -0.15) is 0 Å². The van der Waals surface area contributed by atoms with Crippen LogP contribution in [0, 0.1) is 5.82 Å². The van der Waals surface area contributed by atoms with E-state index in [0.29, 0.717) is 0 Å².